The maximum atomic E-state index is 13.5. The molecule has 0 bridgehead atoms. The van der Waals surface area contributed by atoms with Gasteiger partial charge in [-0.25, -0.2) is 4.79 Å². The molecule has 0 unspecified atom stereocenters. The van der Waals surface area contributed by atoms with Gasteiger partial charge in [0, 0.05) is 19.0 Å². The van der Waals surface area contributed by atoms with Crippen molar-refractivity contribution in [3.63, 3.8) is 0 Å². The first-order valence-corrected chi connectivity index (χ1v) is 11.3. The van der Waals surface area contributed by atoms with Gasteiger partial charge in [-0.3, -0.25) is 14.3 Å². The third kappa shape index (κ3) is 6.67. The smallest absolute Gasteiger partial charge is 0.416 e. The monoisotopic (exact) mass is 484 g/mol. The number of anilines is 1. The third-order valence-electron chi connectivity index (χ3n) is 4.89. The van der Waals surface area contributed by atoms with E-state index in [4.69, 9.17) is 9.47 Å². The minimum Gasteiger partial charge on any atom is -0.489 e. The van der Waals surface area contributed by atoms with Crippen LogP contribution in [0.5, 0.6) is 5.75 Å². The van der Waals surface area contributed by atoms with Gasteiger partial charge in [0.25, 0.3) is 5.56 Å². The SMILES string of the molecule is CCCCOc1c(N(C)C(=O)OC(C)(C)C)n(CC(C)(C)C)c(=O)c2ccc(C(F)(F)F)cc12. The Balaban J connectivity index is 2.94. The van der Waals surface area contributed by atoms with Gasteiger partial charge in [0.2, 0.25) is 0 Å². The number of nitrogens with zero attached hydrogens (tertiary/aromatic N) is 2. The summed E-state index contributed by atoms with van der Waals surface area (Å²) in [5, 5.41) is 0.0941. The van der Waals surface area contributed by atoms with Crippen LogP contribution in [0.25, 0.3) is 10.8 Å². The number of alkyl halides is 3. The van der Waals surface area contributed by atoms with Gasteiger partial charge >= 0.3 is 12.3 Å². The molecule has 190 valence electrons. The van der Waals surface area contributed by atoms with E-state index in [1.807, 2.05) is 27.7 Å². The van der Waals surface area contributed by atoms with Crippen LogP contribution in [0.4, 0.5) is 23.8 Å². The molecular formula is C25H35F3N2O4. The highest BCUT2D eigenvalue weighted by atomic mass is 19.4. The zero-order valence-electron chi connectivity index (χ0n) is 21.2. The fraction of sp³-hybridized carbons (Fsp3) is 0.600. The molecule has 0 aliphatic heterocycles. The quantitative estimate of drug-likeness (QED) is 0.433. The second-order valence-corrected chi connectivity index (χ2v) is 10.6. The van der Waals surface area contributed by atoms with Crippen LogP contribution in [0.2, 0.25) is 0 Å². The van der Waals surface area contributed by atoms with Crippen LogP contribution in [0.1, 0.15) is 66.9 Å². The van der Waals surface area contributed by atoms with E-state index in [-0.39, 0.29) is 40.9 Å². The Hall–Kier alpha value is -2.71. The molecule has 1 aromatic heterocycles. The maximum Gasteiger partial charge on any atom is 0.416 e. The van der Waals surface area contributed by atoms with Crippen LogP contribution < -0.4 is 15.2 Å². The summed E-state index contributed by atoms with van der Waals surface area (Å²) in [6.45, 7) is 13.3. The summed E-state index contributed by atoms with van der Waals surface area (Å²) in [7, 11) is 1.42. The van der Waals surface area contributed by atoms with Crippen molar-refractivity contribution in [3.05, 3.63) is 34.1 Å². The van der Waals surface area contributed by atoms with Crippen LogP contribution in [-0.4, -0.2) is 29.9 Å². The van der Waals surface area contributed by atoms with Gasteiger partial charge in [0.05, 0.1) is 17.6 Å². The van der Waals surface area contributed by atoms with Gasteiger partial charge in [-0.15, -0.1) is 0 Å². The zero-order chi connectivity index (χ0) is 26.1. The van der Waals surface area contributed by atoms with Crippen LogP contribution in [0.15, 0.2) is 23.0 Å². The van der Waals surface area contributed by atoms with Gasteiger partial charge in [-0.05, 0) is 50.8 Å². The van der Waals surface area contributed by atoms with E-state index in [0.717, 1.165) is 23.5 Å². The van der Waals surface area contributed by atoms with E-state index < -0.39 is 29.0 Å². The van der Waals surface area contributed by atoms with Crippen LogP contribution in [0, 0.1) is 5.41 Å². The number of amides is 1. The summed E-state index contributed by atoms with van der Waals surface area (Å²) in [6.07, 6.45) is -3.91. The molecule has 0 spiro atoms. The first kappa shape index (κ1) is 27.5. The van der Waals surface area contributed by atoms with E-state index in [1.165, 1.54) is 17.7 Å². The van der Waals surface area contributed by atoms with E-state index in [9.17, 15) is 22.8 Å². The van der Waals surface area contributed by atoms with Gasteiger partial charge in [0.15, 0.2) is 11.6 Å². The molecule has 9 heteroatoms. The lowest BCUT2D eigenvalue weighted by Gasteiger charge is -2.31. The summed E-state index contributed by atoms with van der Waals surface area (Å²) < 4.78 is 53.4. The number of unbranched alkanes of at least 4 members (excludes halogenated alkanes) is 1. The largest absolute Gasteiger partial charge is 0.489 e. The average Bonchev–Trinajstić information content (AvgIpc) is 2.67. The van der Waals surface area contributed by atoms with Crippen LogP contribution in [-0.2, 0) is 17.5 Å². The van der Waals surface area contributed by atoms with Crippen molar-refractivity contribution in [3.8, 4) is 5.75 Å². The summed E-state index contributed by atoms with van der Waals surface area (Å²) in [4.78, 5) is 27.7. The Morgan fingerprint density at radius 2 is 1.68 bits per heavy atom. The fourth-order valence-corrected chi connectivity index (χ4v) is 3.41. The fourth-order valence-electron chi connectivity index (χ4n) is 3.41. The minimum atomic E-state index is -4.60. The standard InChI is InChI=1S/C25H35F3N2O4/c1-9-10-13-33-19-18-14-16(25(26,27)28)11-12-17(18)21(31)30(15-23(2,3)4)20(19)29(8)22(32)34-24(5,6)7/h11-12,14H,9-10,13,15H2,1-8H3. The average molecular weight is 485 g/mol. The molecular weight excluding hydrogens is 449 g/mol. The molecule has 0 radical (unpaired) electrons. The lowest BCUT2D eigenvalue weighted by Crippen LogP contribution is -2.39. The molecule has 0 saturated heterocycles. The Kier molecular flexibility index (Phi) is 8.00. The van der Waals surface area contributed by atoms with Crippen LogP contribution in [0.3, 0.4) is 0 Å². The van der Waals surface area contributed by atoms with Crippen molar-refractivity contribution in [1.82, 2.24) is 4.57 Å². The summed E-state index contributed by atoms with van der Waals surface area (Å²) in [5.41, 5.74) is -2.61. The molecule has 0 saturated carbocycles. The van der Waals surface area contributed by atoms with Crippen molar-refractivity contribution in [2.45, 2.75) is 79.6 Å². The second-order valence-electron chi connectivity index (χ2n) is 10.6. The number of carbonyl (C=O) groups is 1. The predicted molar refractivity (Wildman–Crippen MR) is 128 cm³/mol. The van der Waals surface area contributed by atoms with Crippen molar-refractivity contribution >= 4 is 22.7 Å². The number of aromatic nitrogens is 1. The molecule has 0 N–H and O–H groups in total. The van der Waals surface area contributed by atoms with Gasteiger partial charge in [-0.1, -0.05) is 34.1 Å². The minimum absolute atomic E-state index is 0.00601. The molecule has 6 nitrogen and oxygen atoms in total. The number of benzene rings is 1. The number of ether oxygens (including phenoxy) is 2. The molecule has 1 amide bonds. The summed E-state index contributed by atoms with van der Waals surface area (Å²) in [6, 6.07) is 2.97. The molecule has 34 heavy (non-hydrogen) atoms. The van der Waals surface area contributed by atoms with Crippen molar-refractivity contribution in [2.75, 3.05) is 18.6 Å². The predicted octanol–water partition coefficient (Wildman–Crippen LogP) is 6.62. The van der Waals surface area contributed by atoms with Gasteiger partial charge in [0.1, 0.15) is 5.60 Å². The Bertz CT molecular complexity index is 1090. The van der Waals surface area contributed by atoms with E-state index >= 15 is 0 Å². The summed E-state index contributed by atoms with van der Waals surface area (Å²) in [5.74, 6) is 0.115. The number of pyridine rings is 1. The molecule has 2 rings (SSSR count). The highest BCUT2D eigenvalue weighted by Gasteiger charge is 2.33. The topological polar surface area (TPSA) is 60.8 Å². The molecule has 1 heterocycles. The number of rotatable bonds is 6. The Labute approximate surface area is 198 Å². The number of fused-ring (bicyclic) bond motifs is 1. The normalized spacial score (nSPS) is 12.7. The lowest BCUT2D eigenvalue weighted by atomic mass is 9.96. The van der Waals surface area contributed by atoms with Crippen LogP contribution >= 0.6 is 0 Å². The lowest BCUT2D eigenvalue weighted by molar-refractivity contribution is -0.137. The van der Waals surface area contributed by atoms with E-state index in [2.05, 4.69) is 0 Å². The first-order valence-electron chi connectivity index (χ1n) is 11.3. The highest BCUT2D eigenvalue weighted by molar-refractivity contribution is 5.97. The molecule has 1 aromatic carbocycles. The summed E-state index contributed by atoms with van der Waals surface area (Å²) >= 11 is 0. The van der Waals surface area contributed by atoms with Gasteiger partial charge < -0.3 is 9.47 Å². The molecule has 0 fully saturated rings. The number of hydrogen-bond acceptors (Lipinski definition) is 4. The number of hydrogen-bond donors (Lipinski definition) is 0. The third-order valence-corrected chi connectivity index (χ3v) is 4.89. The Morgan fingerprint density at radius 1 is 1.06 bits per heavy atom. The first-order chi connectivity index (χ1) is 15.5. The van der Waals surface area contributed by atoms with Crippen molar-refractivity contribution in [2.24, 2.45) is 5.41 Å². The van der Waals surface area contributed by atoms with Crippen molar-refractivity contribution in [1.29, 1.82) is 0 Å². The molecule has 0 aliphatic rings. The zero-order valence-corrected chi connectivity index (χ0v) is 21.2. The molecule has 2 aromatic rings. The van der Waals surface area contributed by atoms with Gasteiger partial charge in [-0.2, -0.15) is 13.2 Å². The second kappa shape index (κ2) is 9.88. The maximum absolute atomic E-state index is 13.5. The molecule has 0 aliphatic carbocycles. The number of carbonyl (C=O) groups excluding carboxylic acids is 1. The van der Waals surface area contributed by atoms with E-state index in [0.29, 0.717) is 6.42 Å². The van der Waals surface area contributed by atoms with E-state index in [1.54, 1.807) is 20.8 Å². The van der Waals surface area contributed by atoms with Crippen molar-refractivity contribution < 1.29 is 27.4 Å². The molecule has 0 atom stereocenters. The highest BCUT2D eigenvalue weighted by Crippen LogP contribution is 2.39. The number of halogens is 3. The Morgan fingerprint density at radius 3 is 2.18 bits per heavy atom.